The number of hydrogen-bond acceptors (Lipinski definition) is 2. The Morgan fingerprint density at radius 3 is 2.30 bits per heavy atom. The van der Waals surface area contributed by atoms with E-state index in [0.29, 0.717) is 6.04 Å². The first kappa shape index (κ1) is 14.7. The third-order valence-electron chi connectivity index (χ3n) is 4.21. The lowest BCUT2D eigenvalue weighted by Crippen LogP contribution is -2.45. The van der Waals surface area contributed by atoms with Crippen LogP contribution in [0.15, 0.2) is 54.7 Å². The first-order valence-electron chi connectivity index (χ1n) is 7.20. The fourth-order valence-corrected chi connectivity index (χ4v) is 2.55. The van der Waals surface area contributed by atoms with E-state index >= 15 is 0 Å². The van der Waals surface area contributed by atoms with Gasteiger partial charge in [0.1, 0.15) is 0 Å². The maximum absolute atomic E-state index is 4.52. The number of hydrogen-bond donors (Lipinski definition) is 0. The fourth-order valence-electron chi connectivity index (χ4n) is 2.55. The molecular formula is C18H24N2. The fraction of sp³-hybridized carbons (Fsp3) is 0.389. The molecule has 20 heavy (non-hydrogen) atoms. The Balaban J connectivity index is 2.12. The van der Waals surface area contributed by atoms with Gasteiger partial charge in [-0.3, -0.25) is 9.88 Å². The van der Waals surface area contributed by atoms with Crippen LogP contribution in [-0.2, 0) is 12.0 Å². The number of pyridine rings is 1. The molecule has 2 nitrogen and oxygen atoms in total. The zero-order valence-corrected chi connectivity index (χ0v) is 12.9. The Bertz CT molecular complexity index is 520. The van der Waals surface area contributed by atoms with E-state index in [-0.39, 0.29) is 5.54 Å². The molecule has 1 heterocycles. The minimum atomic E-state index is -0.0740. The summed E-state index contributed by atoms with van der Waals surface area (Å²) in [5, 5.41) is 0. The Kier molecular flexibility index (Phi) is 4.56. The van der Waals surface area contributed by atoms with Crippen molar-refractivity contribution >= 4 is 0 Å². The third kappa shape index (κ3) is 3.26. The molecule has 2 rings (SSSR count). The molecule has 106 valence electrons. The molecule has 0 unspecified atom stereocenters. The van der Waals surface area contributed by atoms with Gasteiger partial charge < -0.3 is 0 Å². The van der Waals surface area contributed by atoms with Gasteiger partial charge in [-0.05, 0) is 51.9 Å². The Morgan fingerprint density at radius 2 is 1.70 bits per heavy atom. The van der Waals surface area contributed by atoms with E-state index in [4.69, 9.17) is 0 Å². The number of nitrogens with zero attached hydrogens (tertiary/aromatic N) is 2. The molecule has 0 N–H and O–H groups in total. The molecule has 0 saturated heterocycles. The first-order chi connectivity index (χ1) is 9.51. The van der Waals surface area contributed by atoms with Crippen molar-refractivity contribution in [3.05, 3.63) is 66.0 Å². The lowest BCUT2D eigenvalue weighted by Gasteiger charge is -2.39. The topological polar surface area (TPSA) is 16.1 Å². The van der Waals surface area contributed by atoms with Crippen LogP contribution in [-0.4, -0.2) is 23.0 Å². The zero-order chi connectivity index (χ0) is 14.6. The first-order valence-corrected chi connectivity index (χ1v) is 7.20. The van der Waals surface area contributed by atoms with Crippen LogP contribution in [0.4, 0.5) is 0 Å². The highest BCUT2D eigenvalue weighted by Crippen LogP contribution is 2.27. The van der Waals surface area contributed by atoms with Gasteiger partial charge in [-0.25, -0.2) is 0 Å². The Hall–Kier alpha value is -1.67. The van der Waals surface area contributed by atoms with Crippen molar-refractivity contribution in [2.75, 3.05) is 7.05 Å². The second kappa shape index (κ2) is 6.19. The van der Waals surface area contributed by atoms with Crippen molar-refractivity contribution in [2.24, 2.45) is 0 Å². The third-order valence-corrected chi connectivity index (χ3v) is 4.21. The van der Waals surface area contributed by atoms with E-state index in [1.807, 2.05) is 12.3 Å². The van der Waals surface area contributed by atoms with Crippen LogP contribution in [0.5, 0.6) is 0 Å². The van der Waals surface area contributed by atoms with Gasteiger partial charge in [0.05, 0.1) is 11.2 Å². The van der Waals surface area contributed by atoms with Crippen molar-refractivity contribution in [3.8, 4) is 0 Å². The summed E-state index contributed by atoms with van der Waals surface area (Å²) < 4.78 is 0. The van der Waals surface area contributed by atoms with Crippen LogP contribution in [0, 0.1) is 0 Å². The summed E-state index contributed by atoms with van der Waals surface area (Å²) in [6.45, 7) is 6.74. The van der Waals surface area contributed by atoms with Gasteiger partial charge in [0.2, 0.25) is 0 Å². The molecule has 1 aromatic carbocycles. The summed E-state index contributed by atoms with van der Waals surface area (Å²) >= 11 is 0. The predicted molar refractivity (Wildman–Crippen MR) is 84.6 cm³/mol. The van der Waals surface area contributed by atoms with Gasteiger partial charge in [-0.2, -0.15) is 0 Å². The summed E-state index contributed by atoms with van der Waals surface area (Å²) in [7, 11) is 2.18. The number of benzene rings is 1. The van der Waals surface area contributed by atoms with Gasteiger partial charge in [-0.15, -0.1) is 0 Å². The molecule has 0 fully saturated rings. The molecule has 2 heteroatoms. The minimum Gasteiger partial charge on any atom is -0.293 e. The standard InChI is InChI=1S/C18H24N2/c1-15(14-16-10-6-5-7-11-16)20(4)18(2,3)17-12-8-9-13-19-17/h5-13,15H,14H2,1-4H3/t15-/m1/s1. The van der Waals surface area contributed by atoms with Gasteiger partial charge >= 0.3 is 0 Å². The van der Waals surface area contributed by atoms with Crippen molar-refractivity contribution in [1.29, 1.82) is 0 Å². The van der Waals surface area contributed by atoms with Crippen molar-refractivity contribution in [2.45, 2.75) is 38.8 Å². The summed E-state index contributed by atoms with van der Waals surface area (Å²) in [6, 6.07) is 17.2. The normalized spacial score (nSPS) is 13.4. The van der Waals surface area contributed by atoms with Gasteiger partial charge in [0.15, 0.2) is 0 Å². The van der Waals surface area contributed by atoms with E-state index in [1.54, 1.807) is 0 Å². The average molecular weight is 268 g/mol. The lowest BCUT2D eigenvalue weighted by molar-refractivity contribution is 0.105. The maximum atomic E-state index is 4.52. The molecule has 0 saturated carbocycles. The minimum absolute atomic E-state index is 0.0740. The molecular weight excluding hydrogens is 244 g/mol. The average Bonchev–Trinajstić information content (AvgIpc) is 2.48. The van der Waals surface area contributed by atoms with Crippen molar-refractivity contribution < 1.29 is 0 Å². The molecule has 0 aliphatic carbocycles. The molecule has 0 spiro atoms. The molecule has 0 amide bonds. The highest BCUT2D eigenvalue weighted by Gasteiger charge is 2.30. The maximum Gasteiger partial charge on any atom is 0.0601 e. The molecule has 1 aromatic heterocycles. The quantitative estimate of drug-likeness (QED) is 0.818. The number of aromatic nitrogens is 1. The van der Waals surface area contributed by atoms with E-state index < -0.39 is 0 Å². The van der Waals surface area contributed by atoms with Gasteiger partial charge in [0.25, 0.3) is 0 Å². The summed E-state index contributed by atoms with van der Waals surface area (Å²) in [6.07, 6.45) is 2.92. The van der Waals surface area contributed by atoms with Crippen LogP contribution in [0.1, 0.15) is 32.0 Å². The van der Waals surface area contributed by atoms with Crippen LogP contribution in [0.25, 0.3) is 0 Å². The van der Waals surface area contributed by atoms with Gasteiger partial charge in [0, 0.05) is 12.2 Å². The predicted octanol–water partition coefficient (Wildman–Crippen LogP) is 3.88. The summed E-state index contributed by atoms with van der Waals surface area (Å²) in [5.74, 6) is 0. The number of likely N-dealkylation sites (N-methyl/N-ethyl adjacent to an activating group) is 1. The van der Waals surface area contributed by atoms with E-state index in [1.165, 1.54) is 5.56 Å². The SMILES string of the molecule is C[C@H](Cc1ccccc1)N(C)C(C)(C)c1ccccn1. The molecule has 2 aromatic rings. The smallest absolute Gasteiger partial charge is 0.0601 e. The van der Waals surface area contributed by atoms with Crippen LogP contribution >= 0.6 is 0 Å². The molecule has 0 radical (unpaired) electrons. The molecule has 1 atom stereocenters. The van der Waals surface area contributed by atoms with E-state index in [9.17, 15) is 0 Å². The van der Waals surface area contributed by atoms with Crippen LogP contribution < -0.4 is 0 Å². The van der Waals surface area contributed by atoms with Gasteiger partial charge in [-0.1, -0.05) is 36.4 Å². The Morgan fingerprint density at radius 1 is 1.05 bits per heavy atom. The highest BCUT2D eigenvalue weighted by molar-refractivity contribution is 5.17. The van der Waals surface area contributed by atoms with Crippen LogP contribution in [0.3, 0.4) is 0 Å². The van der Waals surface area contributed by atoms with E-state index in [0.717, 1.165) is 12.1 Å². The number of rotatable bonds is 5. The molecule has 0 aliphatic rings. The monoisotopic (exact) mass is 268 g/mol. The second-order valence-corrected chi connectivity index (χ2v) is 5.92. The zero-order valence-electron chi connectivity index (χ0n) is 12.9. The molecule has 0 aliphatic heterocycles. The summed E-state index contributed by atoms with van der Waals surface area (Å²) in [5.41, 5.74) is 2.42. The Labute approximate surface area is 122 Å². The second-order valence-electron chi connectivity index (χ2n) is 5.92. The lowest BCUT2D eigenvalue weighted by atomic mass is 9.94. The van der Waals surface area contributed by atoms with Crippen LogP contribution in [0.2, 0.25) is 0 Å². The molecule has 0 bridgehead atoms. The van der Waals surface area contributed by atoms with Crippen molar-refractivity contribution in [3.63, 3.8) is 0 Å². The van der Waals surface area contributed by atoms with E-state index in [2.05, 4.69) is 80.2 Å². The summed E-state index contributed by atoms with van der Waals surface area (Å²) in [4.78, 5) is 6.92. The largest absolute Gasteiger partial charge is 0.293 e. The van der Waals surface area contributed by atoms with Crippen molar-refractivity contribution in [1.82, 2.24) is 9.88 Å². The highest BCUT2D eigenvalue weighted by atomic mass is 15.2.